The third kappa shape index (κ3) is 3.06. The van der Waals surface area contributed by atoms with E-state index in [-0.39, 0.29) is 0 Å². The van der Waals surface area contributed by atoms with Gasteiger partial charge in [-0.2, -0.15) is 0 Å². The molecule has 1 N–H and O–H groups in total. The molecule has 82 valence electrons. The highest BCUT2D eigenvalue weighted by molar-refractivity contribution is 7.92. The second-order valence-corrected chi connectivity index (χ2v) is 5.58. The summed E-state index contributed by atoms with van der Waals surface area (Å²) in [5.41, 5.74) is 0.610. The molecule has 0 aliphatic rings. The van der Waals surface area contributed by atoms with Crippen LogP contribution >= 0.6 is 0 Å². The zero-order valence-corrected chi connectivity index (χ0v) is 9.07. The number of carbonyl (C=O) groups is 1. The smallest absolute Gasteiger partial charge is 0.318 e. The summed E-state index contributed by atoms with van der Waals surface area (Å²) in [6.07, 6.45) is 0. The molecular formula is C10H12O4S. The number of aliphatic carboxylic acids is 1. The van der Waals surface area contributed by atoms with E-state index in [1.807, 2.05) is 0 Å². The van der Waals surface area contributed by atoms with Crippen LogP contribution < -0.4 is 0 Å². The number of sulfone groups is 1. The molecule has 4 nitrogen and oxygen atoms in total. The number of carboxylic acids is 1. The minimum atomic E-state index is -3.61. The van der Waals surface area contributed by atoms with Gasteiger partial charge in [-0.05, 0) is 12.5 Å². The van der Waals surface area contributed by atoms with Gasteiger partial charge in [0.25, 0.3) is 0 Å². The first kappa shape index (κ1) is 11.7. The molecular weight excluding hydrogens is 216 g/mol. The van der Waals surface area contributed by atoms with E-state index in [0.717, 1.165) is 0 Å². The summed E-state index contributed by atoms with van der Waals surface area (Å²) in [5.74, 6) is -2.15. The Kier molecular flexibility index (Phi) is 3.47. The Labute approximate surface area is 88.5 Å². The lowest BCUT2D eigenvalue weighted by molar-refractivity contribution is -0.134. The summed E-state index contributed by atoms with van der Waals surface area (Å²) < 4.78 is 23.1. The molecule has 1 aromatic rings. The van der Waals surface area contributed by atoms with Crippen LogP contribution in [0.1, 0.15) is 17.7 Å². The maximum absolute atomic E-state index is 11.6. The highest BCUT2D eigenvalue weighted by Crippen LogP contribution is 2.21. The van der Waals surface area contributed by atoms with Crippen LogP contribution in [0.25, 0.3) is 0 Å². The maximum atomic E-state index is 11.6. The van der Waals surface area contributed by atoms with Gasteiger partial charge in [-0.1, -0.05) is 30.3 Å². The van der Waals surface area contributed by atoms with Gasteiger partial charge in [-0.15, -0.1) is 0 Å². The molecule has 0 bridgehead atoms. The van der Waals surface area contributed by atoms with Crippen molar-refractivity contribution in [2.45, 2.75) is 12.2 Å². The summed E-state index contributed by atoms with van der Waals surface area (Å²) in [7, 11) is -3.61. The highest BCUT2D eigenvalue weighted by Gasteiger charge is 2.25. The van der Waals surface area contributed by atoms with Gasteiger partial charge in [0.2, 0.25) is 0 Å². The molecule has 0 radical (unpaired) electrons. The van der Waals surface area contributed by atoms with Crippen LogP contribution in [0.4, 0.5) is 0 Å². The van der Waals surface area contributed by atoms with Crippen LogP contribution in [0, 0.1) is 0 Å². The highest BCUT2D eigenvalue weighted by atomic mass is 32.2. The zero-order chi connectivity index (χ0) is 11.5. The Morgan fingerprint density at radius 3 is 2.33 bits per heavy atom. The Morgan fingerprint density at radius 1 is 1.33 bits per heavy atom. The van der Waals surface area contributed by atoms with E-state index < -0.39 is 26.8 Å². The van der Waals surface area contributed by atoms with Gasteiger partial charge in [-0.3, -0.25) is 4.79 Å². The molecule has 0 aliphatic carbocycles. The molecule has 0 saturated carbocycles. The van der Waals surface area contributed by atoms with Crippen molar-refractivity contribution in [3.63, 3.8) is 0 Å². The van der Waals surface area contributed by atoms with Gasteiger partial charge in [-0.25, -0.2) is 8.42 Å². The summed E-state index contributed by atoms with van der Waals surface area (Å²) in [5, 5.41) is 7.68. The average molecular weight is 228 g/mol. The fourth-order valence-corrected chi connectivity index (χ4v) is 2.39. The number of benzene rings is 1. The first-order valence-corrected chi connectivity index (χ1v) is 6.13. The van der Waals surface area contributed by atoms with E-state index >= 15 is 0 Å². The molecule has 0 saturated heterocycles. The standard InChI is InChI=1S/C10H12O4S/c1-8(9-5-3-2-4-6-9)15(13,14)7-10(11)12/h2-6,8H,7H2,1H3,(H,11,12). The summed E-state index contributed by atoms with van der Waals surface area (Å²) in [6, 6.07) is 8.57. The van der Waals surface area contributed by atoms with Crippen molar-refractivity contribution < 1.29 is 18.3 Å². The fourth-order valence-electron chi connectivity index (χ4n) is 1.23. The SMILES string of the molecule is CC(c1ccccc1)S(=O)(=O)CC(=O)O. The molecule has 0 aliphatic heterocycles. The van der Waals surface area contributed by atoms with Crippen molar-refractivity contribution in [2.75, 3.05) is 5.75 Å². The number of carboxylic acid groups (broad SMARTS) is 1. The van der Waals surface area contributed by atoms with Gasteiger partial charge in [0.15, 0.2) is 9.84 Å². The first-order chi connectivity index (χ1) is 6.93. The largest absolute Gasteiger partial charge is 0.480 e. The maximum Gasteiger partial charge on any atom is 0.318 e. The average Bonchev–Trinajstić information content (AvgIpc) is 2.16. The first-order valence-electron chi connectivity index (χ1n) is 4.42. The van der Waals surface area contributed by atoms with Crippen molar-refractivity contribution in [2.24, 2.45) is 0 Å². The van der Waals surface area contributed by atoms with E-state index in [1.165, 1.54) is 6.92 Å². The lowest BCUT2D eigenvalue weighted by Gasteiger charge is -2.11. The topological polar surface area (TPSA) is 71.4 Å². The Bertz CT molecular complexity index is 436. The summed E-state index contributed by atoms with van der Waals surface area (Å²) in [4.78, 5) is 10.4. The molecule has 1 unspecified atom stereocenters. The van der Waals surface area contributed by atoms with Crippen LogP contribution in [-0.2, 0) is 14.6 Å². The van der Waals surface area contributed by atoms with Gasteiger partial charge in [0.1, 0.15) is 5.75 Å². The van der Waals surface area contributed by atoms with Crippen molar-refractivity contribution in [1.29, 1.82) is 0 Å². The van der Waals surface area contributed by atoms with Crippen LogP contribution in [-0.4, -0.2) is 25.2 Å². The second kappa shape index (κ2) is 4.44. The van der Waals surface area contributed by atoms with Crippen molar-refractivity contribution in [3.8, 4) is 0 Å². The molecule has 1 atom stereocenters. The van der Waals surface area contributed by atoms with Gasteiger partial charge >= 0.3 is 5.97 Å². The monoisotopic (exact) mass is 228 g/mol. The second-order valence-electron chi connectivity index (χ2n) is 3.25. The number of hydrogen-bond donors (Lipinski definition) is 1. The zero-order valence-electron chi connectivity index (χ0n) is 8.25. The van der Waals surface area contributed by atoms with Crippen LogP contribution in [0.5, 0.6) is 0 Å². The van der Waals surface area contributed by atoms with Crippen molar-refractivity contribution in [3.05, 3.63) is 35.9 Å². The van der Waals surface area contributed by atoms with Gasteiger partial charge in [0, 0.05) is 0 Å². The molecule has 0 fully saturated rings. The van der Waals surface area contributed by atoms with E-state index in [9.17, 15) is 13.2 Å². The quantitative estimate of drug-likeness (QED) is 0.841. The van der Waals surface area contributed by atoms with E-state index in [4.69, 9.17) is 5.11 Å². The van der Waals surface area contributed by atoms with Crippen LogP contribution in [0.3, 0.4) is 0 Å². The summed E-state index contributed by atoms with van der Waals surface area (Å²) >= 11 is 0. The van der Waals surface area contributed by atoms with Crippen LogP contribution in [0.2, 0.25) is 0 Å². The minimum Gasteiger partial charge on any atom is -0.480 e. The molecule has 0 aromatic heterocycles. The molecule has 1 rings (SSSR count). The predicted molar refractivity (Wildman–Crippen MR) is 56.3 cm³/mol. The molecule has 5 heteroatoms. The Hall–Kier alpha value is -1.36. The molecule has 1 aromatic carbocycles. The number of rotatable bonds is 4. The van der Waals surface area contributed by atoms with Gasteiger partial charge < -0.3 is 5.11 Å². The molecule has 0 heterocycles. The molecule has 0 amide bonds. The summed E-state index contributed by atoms with van der Waals surface area (Å²) in [6.45, 7) is 1.49. The Morgan fingerprint density at radius 2 is 1.87 bits per heavy atom. The van der Waals surface area contributed by atoms with E-state index in [0.29, 0.717) is 5.56 Å². The lowest BCUT2D eigenvalue weighted by Crippen LogP contribution is -2.20. The normalized spacial score (nSPS) is 13.4. The van der Waals surface area contributed by atoms with E-state index in [1.54, 1.807) is 30.3 Å². The molecule has 0 spiro atoms. The lowest BCUT2D eigenvalue weighted by atomic mass is 10.2. The minimum absolute atomic E-state index is 0.610. The van der Waals surface area contributed by atoms with Crippen molar-refractivity contribution in [1.82, 2.24) is 0 Å². The Balaban J connectivity index is 2.95. The van der Waals surface area contributed by atoms with Crippen LogP contribution in [0.15, 0.2) is 30.3 Å². The number of hydrogen-bond acceptors (Lipinski definition) is 3. The fraction of sp³-hybridized carbons (Fsp3) is 0.300. The third-order valence-corrected chi connectivity index (χ3v) is 4.13. The van der Waals surface area contributed by atoms with Crippen molar-refractivity contribution >= 4 is 15.8 Å². The van der Waals surface area contributed by atoms with E-state index in [2.05, 4.69) is 0 Å². The van der Waals surface area contributed by atoms with Gasteiger partial charge in [0.05, 0.1) is 5.25 Å². The predicted octanol–water partition coefficient (Wildman–Crippen LogP) is 1.25. The third-order valence-electron chi connectivity index (χ3n) is 2.13. The molecule has 15 heavy (non-hydrogen) atoms.